The Bertz CT molecular complexity index is 9440. The maximum atomic E-state index is 6.42. The van der Waals surface area contributed by atoms with E-state index >= 15 is 0 Å². The fourth-order valence-corrected chi connectivity index (χ4v) is 29.4. The molecule has 0 fully saturated rings. The fraction of sp³-hybridized carbons (Fsp3) is 0.0157. The Kier molecular flexibility index (Phi) is 18.1. The van der Waals surface area contributed by atoms with Crippen molar-refractivity contribution in [2.75, 3.05) is 0 Å². The first-order valence-corrected chi connectivity index (χ1v) is 51.0. The van der Waals surface area contributed by atoms with Gasteiger partial charge >= 0.3 is 325 Å². The summed E-state index contributed by atoms with van der Waals surface area (Å²) >= 11 is -3.64. The molecule has 136 heavy (non-hydrogen) atoms. The number of furan rings is 1. The first-order valence-electron chi connectivity index (χ1n) is 46.2. The third-order valence-corrected chi connectivity index (χ3v) is 36.4. The second-order valence-electron chi connectivity index (χ2n) is 36.0. The number of fused-ring (bicyclic) bond motifs is 17. The molecule has 0 bridgehead atoms. The molecule has 18 aromatic carbocycles. The van der Waals surface area contributed by atoms with Gasteiger partial charge < -0.3 is 8.98 Å². The van der Waals surface area contributed by atoms with Gasteiger partial charge in [-0.25, -0.2) is 4.98 Å². The second-order valence-corrected chi connectivity index (χ2v) is 43.4. The number of rotatable bonds is 14. The summed E-state index contributed by atoms with van der Waals surface area (Å²) in [5.41, 5.74) is 37.2. The van der Waals surface area contributed by atoms with Crippen molar-refractivity contribution in [2.45, 2.75) is 13.8 Å². The molecule has 0 N–H and O–H groups in total. The number of hydrogen-bond donors (Lipinski definition) is 0. The summed E-state index contributed by atoms with van der Waals surface area (Å²) in [7, 11) is 0. The molecule has 0 saturated heterocycles. The number of hydrogen-bond acceptors (Lipinski definition) is 5. The molecule has 0 amide bonds. The zero-order valence-corrected chi connectivity index (χ0v) is 76.5. The van der Waals surface area contributed by atoms with Crippen LogP contribution in [0.15, 0.2) is 454 Å². The van der Waals surface area contributed by atoms with Crippen molar-refractivity contribution in [3.8, 4) is 140 Å². The predicted octanol–water partition coefficient (Wildman–Crippen LogP) is 33.4. The summed E-state index contributed by atoms with van der Waals surface area (Å²) in [5.74, 6) is 0.872. The predicted molar refractivity (Wildman–Crippen MR) is 576 cm³/mol. The Balaban J connectivity index is 0.519. The van der Waals surface area contributed by atoms with Crippen molar-refractivity contribution in [2.24, 2.45) is 0 Å². The summed E-state index contributed by atoms with van der Waals surface area (Å²) < 4.78 is 22.8. The van der Waals surface area contributed by atoms with Crippen LogP contribution in [0.3, 0.4) is 0 Å². The van der Waals surface area contributed by atoms with Crippen LogP contribution in [-0.2, 0) is 0 Å². The van der Waals surface area contributed by atoms with Gasteiger partial charge in [0.2, 0.25) is 0 Å². The first kappa shape index (κ1) is 78.7. The summed E-state index contributed by atoms with van der Waals surface area (Å²) in [5, 5.41) is 13.7. The molecule has 27 rings (SSSR count). The zero-order valence-electron chi connectivity index (χ0n) is 74.3. The number of nitrogens with zero attached hydrogens (tertiary/aromatic N) is 7. The number of benzene rings is 18. The Morgan fingerprint density at radius 3 is 1.47 bits per heavy atom. The molecule has 0 spiro atoms. The Morgan fingerprint density at radius 2 is 0.743 bits per heavy atom. The van der Waals surface area contributed by atoms with Crippen molar-refractivity contribution in [1.82, 2.24) is 33.6 Å². The molecule has 9 heteroatoms. The average Bonchev–Trinajstić information content (AvgIpc) is 1.56. The van der Waals surface area contributed by atoms with Crippen molar-refractivity contribution in [3.05, 3.63) is 471 Å². The van der Waals surface area contributed by atoms with Crippen molar-refractivity contribution in [3.63, 3.8) is 0 Å². The molecular weight excluding hydrogens is 1770 g/mol. The van der Waals surface area contributed by atoms with E-state index in [9.17, 15) is 0 Å². The van der Waals surface area contributed by atoms with Crippen LogP contribution in [0.25, 0.3) is 249 Å². The van der Waals surface area contributed by atoms with E-state index in [0.29, 0.717) is 0 Å². The van der Waals surface area contributed by atoms with E-state index in [1.165, 1.54) is 67.1 Å². The van der Waals surface area contributed by atoms with Crippen LogP contribution in [0.1, 0.15) is 11.1 Å². The Hall–Kier alpha value is -17.1. The normalized spacial score (nSPS) is 13.6. The zero-order chi connectivity index (χ0) is 90.0. The van der Waals surface area contributed by atoms with Crippen molar-refractivity contribution in [1.29, 1.82) is 0 Å². The number of aromatic nitrogens is 7. The standard InChI is InChI=1S/C127H82IN7O/c1-78-40-50-97(133-118-38-22-20-36-103(118)109-65-92(49-56-120(109)133)107-66-94(63-91-32-16-17-33-99(91)107)89-45-52-101-100-34-18-21-37-113(100)128(3,114(101)67-89)126-72-95(80-24-8-4-9-25-80)68-116(131-126)82-28-12-6-13-29-82)74-106(78)111-77-130-115(60-79(111)2)93-47-54-105-108-64-88(48-55-121(108)134(122(105)71-93)98-51-57-124-110(75-98)112-76-129-59-58-125(112)136-124)86-43-41-85-62-87(44-42-84(85)61-86)90-46-53-104-102-35-19-23-39-119(102)135(123(104)70-90)127-73-96(81-26-10-5-11-27-81)69-117(132-127)83-30-14-7-15-31-83/h4-77H,3H2,1-2H3. The summed E-state index contributed by atoms with van der Waals surface area (Å²) in [6, 6.07) is 158. The van der Waals surface area contributed by atoms with E-state index in [2.05, 4.69) is 463 Å². The number of aryl methyl sites for hydroxylation is 2. The van der Waals surface area contributed by atoms with E-state index in [1.807, 2.05) is 12.3 Å². The van der Waals surface area contributed by atoms with E-state index in [1.54, 1.807) is 6.20 Å². The Labute approximate surface area is 788 Å². The minimum atomic E-state index is -3.64. The number of para-hydroxylation sites is 2. The average molecular weight is 1850 g/mol. The first-order chi connectivity index (χ1) is 67.0. The maximum absolute atomic E-state index is 6.42. The number of halogens is 1. The van der Waals surface area contributed by atoms with Crippen LogP contribution in [0, 0.1) is 24.7 Å². The van der Waals surface area contributed by atoms with Gasteiger partial charge in [-0.1, -0.05) is 146 Å². The van der Waals surface area contributed by atoms with Gasteiger partial charge in [0.1, 0.15) is 17.0 Å². The second kappa shape index (κ2) is 31.3. The summed E-state index contributed by atoms with van der Waals surface area (Å²) in [4.78, 5) is 21.1. The van der Waals surface area contributed by atoms with Crippen LogP contribution < -0.4 is 0 Å². The van der Waals surface area contributed by atoms with Crippen LogP contribution >= 0.6 is 18.0 Å². The van der Waals surface area contributed by atoms with Crippen molar-refractivity contribution >= 4 is 131 Å². The molecule has 9 heterocycles. The van der Waals surface area contributed by atoms with Crippen LogP contribution in [0.5, 0.6) is 0 Å². The molecule has 8 aromatic heterocycles. The van der Waals surface area contributed by atoms with Crippen LogP contribution in [0.4, 0.5) is 0 Å². The molecule has 1 aliphatic rings. The van der Waals surface area contributed by atoms with Gasteiger partial charge in [-0.2, -0.15) is 0 Å². The molecule has 8 nitrogen and oxygen atoms in total. The molecule has 1 aliphatic heterocycles. The minimum absolute atomic E-state index is 0.809. The molecule has 1 unspecified atom stereocenters. The van der Waals surface area contributed by atoms with Gasteiger partial charge in [0.25, 0.3) is 0 Å². The quantitative estimate of drug-likeness (QED) is 0.0801. The molecule has 0 saturated carbocycles. The molecule has 0 radical (unpaired) electrons. The van der Waals surface area contributed by atoms with Gasteiger partial charge in [-0.3, -0.25) is 14.5 Å². The van der Waals surface area contributed by atoms with Gasteiger partial charge in [-0.05, 0) is 172 Å². The van der Waals surface area contributed by atoms with E-state index in [-0.39, 0.29) is 0 Å². The SMILES string of the molecule is C=I1(c2cc(-c3ccccc3)cc(-c3ccccc3)n2)c2ccccc2-c2ccc(-c3cc(-c4ccc5c(c4)c4ccccc4n5-c4ccc(C)c(-c5cnc(-c6ccc7c8cc(-c9ccc%10cc(-c%11ccc%12c%13ccccc%13n(-c%13cc(-c%14ccccc%14)cc(-c%14ccccc%14)n%13)c%12c%11)ccc%10c9)ccc8n(-c8ccc9oc%10ccncc%10c9c8)c7c6)cc5C)c4)c4ccccc4c3)cc21. The van der Waals surface area contributed by atoms with Crippen molar-refractivity contribution < 1.29 is 4.42 Å². The van der Waals surface area contributed by atoms with Crippen LogP contribution in [-0.4, -0.2) is 38.2 Å². The number of pyridine rings is 4. The van der Waals surface area contributed by atoms with Gasteiger partial charge in [0.15, 0.2) is 0 Å². The molecule has 0 aliphatic carbocycles. The van der Waals surface area contributed by atoms with E-state index in [4.69, 9.17) is 23.9 Å². The molecule has 638 valence electrons. The molecule has 26 aromatic rings. The topological polar surface area (TPSA) is 79.5 Å². The summed E-state index contributed by atoms with van der Waals surface area (Å²) in [6.45, 7) is 4.45. The third kappa shape index (κ3) is 12.8. The molecule has 1 atom stereocenters. The third-order valence-electron chi connectivity index (χ3n) is 28.2. The Morgan fingerprint density at radius 1 is 0.243 bits per heavy atom. The van der Waals surface area contributed by atoms with E-state index < -0.39 is 18.0 Å². The van der Waals surface area contributed by atoms with Gasteiger partial charge in [0, 0.05) is 73.3 Å². The monoisotopic (exact) mass is 1850 g/mol. The molecular formula is C127H82IN7O. The van der Waals surface area contributed by atoms with Crippen LogP contribution in [0.2, 0.25) is 0 Å². The fourth-order valence-electron chi connectivity index (χ4n) is 21.4. The van der Waals surface area contributed by atoms with Gasteiger partial charge in [0.05, 0.1) is 33.5 Å². The summed E-state index contributed by atoms with van der Waals surface area (Å²) in [6.07, 6.45) is 5.79. The van der Waals surface area contributed by atoms with E-state index in [0.717, 1.165) is 204 Å². The van der Waals surface area contributed by atoms with Gasteiger partial charge in [-0.15, -0.1) is 0 Å².